The van der Waals surface area contributed by atoms with Gasteiger partial charge in [-0.25, -0.2) is 0 Å². The van der Waals surface area contributed by atoms with Crippen molar-refractivity contribution >= 4 is 29.7 Å². The van der Waals surface area contributed by atoms with Gasteiger partial charge in [-0.1, -0.05) is 6.92 Å². The highest BCUT2D eigenvalue weighted by molar-refractivity contribution is 7.10. The second-order valence-corrected chi connectivity index (χ2v) is 6.36. The van der Waals surface area contributed by atoms with Gasteiger partial charge in [-0.3, -0.25) is 4.79 Å². The summed E-state index contributed by atoms with van der Waals surface area (Å²) in [6.07, 6.45) is 3.38. The minimum atomic E-state index is 0. The van der Waals surface area contributed by atoms with Crippen molar-refractivity contribution in [2.45, 2.75) is 26.2 Å². The van der Waals surface area contributed by atoms with Gasteiger partial charge in [0.15, 0.2) is 0 Å². The Morgan fingerprint density at radius 1 is 1.43 bits per heavy atom. The summed E-state index contributed by atoms with van der Waals surface area (Å²) in [6, 6.07) is 0. The summed E-state index contributed by atoms with van der Waals surface area (Å²) in [7, 11) is 1.68. The maximum absolute atomic E-state index is 12.2. The zero-order valence-corrected chi connectivity index (χ0v) is 14.4. The molecule has 2 rings (SSSR count). The van der Waals surface area contributed by atoms with E-state index < -0.39 is 0 Å². The number of halogens is 1. The van der Waals surface area contributed by atoms with Crippen LogP contribution in [0.3, 0.4) is 0 Å². The molecule has 1 unspecified atom stereocenters. The molecule has 1 atom stereocenters. The monoisotopic (exact) mass is 332 g/mol. The van der Waals surface area contributed by atoms with E-state index in [9.17, 15) is 4.79 Å². The van der Waals surface area contributed by atoms with Gasteiger partial charge >= 0.3 is 0 Å². The van der Waals surface area contributed by atoms with Crippen LogP contribution in [0.2, 0.25) is 0 Å². The third-order valence-electron chi connectivity index (χ3n) is 3.72. The van der Waals surface area contributed by atoms with Gasteiger partial charge in [0.2, 0.25) is 0 Å². The Balaban J connectivity index is 0.00000220. The van der Waals surface area contributed by atoms with E-state index in [-0.39, 0.29) is 18.3 Å². The molecule has 21 heavy (non-hydrogen) atoms. The summed E-state index contributed by atoms with van der Waals surface area (Å²) in [5, 5.41) is 8.23. The second kappa shape index (κ2) is 9.41. The Labute approximate surface area is 137 Å². The molecule has 1 amide bonds. The van der Waals surface area contributed by atoms with Crippen LogP contribution in [-0.4, -0.2) is 39.3 Å². The average molecular weight is 333 g/mol. The number of carbonyl (C=O) groups excluding carboxylic acids is 1. The minimum absolute atomic E-state index is 0. The van der Waals surface area contributed by atoms with Crippen molar-refractivity contribution in [2.75, 3.05) is 33.4 Å². The Kier molecular flexibility index (Phi) is 8.26. The van der Waals surface area contributed by atoms with Crippen LogP contribution in [0.5, 0.6) is 0 Å². The van der Waals surface area contributed by atoms with Crippen LogP contribution >= 0.6 is 23.7 Å². The number of nitrogens with one attached hydrogen (secondary N) is 2. The number of amides is 1. The van der Waals surface area contributed by atoms with Gasteiger partial charge in [-0.2, -0.15) is 0 Å². The highest BCUT2D eigenvalue weighted by atomic mass is 35.5. The van der Waals surface area contributed by atoms with Crippen molar-refractivity contribution in [1.29, 1.82) is 0 Å². The van der Waals surface area contributed by atoms with Crippen LogP contribution in [-0.2, 0) is 17.6 Å². The molecule has 2 N–H and O–H groups in total. The van der Waals surface area contributed by atoms with Crippen LogP contribution < -0.4 is 10.6 Å². The van der Waals surface area contributed by atoms with Gasteiger partial charge in [-0.05, 0) is 30.7 Å². The quantitative estimate of drug-likeness (QED) is 0.753. The maximum Gasteiger partial charge on any atom is 0.252 e. The highest BCUT2D eigenvalue weighted by Crippen LogP contribution is 2.32. The summed E-state index contributed by atoms with van der Waals surface area (Å²) >= 11 is 1.74. The second-order valence-electron chi connectivity index (χ2n) is 5.40. The molecule has 1 aromatic rings. The van der Waals surface area contributed by atoms with Crippen LogP contribution in [0, 0.1) is 5.92 Å². The summed E-state index contributed by atoms with van der Waals surface area (Å²) in [5.74, 6) is 0.827. The molecule has 6 heteroatoms. The van der Waals surface area contributed by atoms with Crippen LogP contribution in [0.15, 0.2) is 5.38 Å². The summed E-state index contributed by atoms with van der Waals surface area (Å²) in [4.78, 5) is 13.6. The zero-order chi connectivity index (χ0) is 14.4. The number of hydrogen-bond donors (Lipinski definition) is 2. The molecule has 0 aliphatic heterocycles. The molecule has 1 aromatic heterocycles. The van der Waals surface area contributed by atoms with Crippen molar-refractivity contribution in [3.8, 4) is 0 Å². The first-order valence-electron chi connectivity index (χ1n) is 7.29. The van der Waals surface area contributed by atoms with Gasteiger partial charge in [0, 0.05) is 37.0 Å². The fourth-order valence-corrected chi connectivity index (χ4v) is 3.77. The minimum Gasteiger partial charge on any atom is -0.383 e. The van der Waals surface area contributed by atoms with Crippen LogP contribution in [0.1, 0.15) is 34.1 Å². The van der Waals surface area contributed by atoms with E-state index in [1.807, 2.05) is 5.38 Å². The predicted octanol–water partition coefficient (Wildman–Crippen LogP) is 2.26. The van der Waals surface area contributed by atoms with E-state index in [0.29, 0.717) is 13.2 Å². The molecule has 4 nitrogen and oxygen atoms in total. The lowest BCUT2D eigenvalue weighted by Gasteiger charge is -2.18. The predicted molar refractivity (Wildman–Crippen MR) is 89.8 cm³/mol. The lowest BCUT2D eigenvalue weighted by atomic mass is 9.88. The van der Waals surface area contributed by atoms with E-state index >= 15 is 0 Å². The first-order valence-corrected chi connectivity index (χ1v) is 8.17. The zero-order valence-electron chi connectivity index (χ0n) is 12.7. The van der Waals surface area contributed by atoms with Gasteiger partial charge in [0.1, 0.15) is 0 Å². The standard InChI is InChI=1S/C15H24N2O2S.ClH/c1-11-3-4-12-13(10-20-14(12)9-11)15(18)17-6-5-16-7-8-19-2;/h10-11,16H,3-9H2,1-2H3,(H,17,18);1H. The van der Waals surface area contributed by atoms with E-state index in [1.165, 1.54) is 16.9 Å². The Morgan fingerprint density at radius 3 is 3.00 bits per heavy atom. The summed E-state index contributed by atoms with van der Waals surface area (Å²) < 4.78 is 4.95. The summed E-state index contributed by atoms with van der Waals surface area (Å²) in [6.45, 7) is 5.23. The van der Waals surface area contributed by atoms with Crippen LogP contribution in [0.25, 0.3) is 0 Å². The van der Waals surface area contributed by atoms with Crippen molar-refractivity contribution in [3.05, 3.63) is 21.4 Å². The van der Waals surface area contributed by atoms with Crippen molar-refractivity contribution in [3.63, 3.8) is 0 Å². The molecule has 1 aliphatic carbocycles. The van der Waals surface area contributed by atoms with Gasteiger partial charge in [-0.15, -0.1) is 23.7 Å². The normalized spacial score (nSPS) is 17.0. The molecule has 0 fully saturated rings. The fourth-order valence-electron chi connectivity index (χ4n) is 2.53. The third-order valence-corrected chi connectivity index (χ3v) is 4.77. The van der Waals surface area contributed by atoms with Gasteiger partial charge < -0.3 is 15.4 Å². The molecule has 0 bridgehead atoms. The molecule has 0 saturated carbocycles. The molecule has 0 aromatic carbocycles. The number of ether oxygens (including phenoxy) is 1. The maximum atomic E-state index is 12.2. The number of rotatable bonds is 7. The lowest BCUT2D eigenvalue weighted by Crippen LogP contribution is -2.33. The van der Waals surface area contributed by atoms with Crippen LogP contribution in [0.4, 0.5) is 0 Å². The van der Waals surface area contributed by atoms with Crippen molar-refractivity contribution < 1.29 is 9.53 Å². The Hall–Kier alpha value is -0.620. The molecule has 0 radical (unpaired) electrons. The van der Waals surface area contributed by atoms with E-state index in [1.54, 1.807) is 18.4 Å². The molecule has 1 heterocycles. The lowest BCUT2D eigenvalue weighted by molar-refractivity contribution is 0.0953. The largest absolute Gasteiger partial charge is 0.383 e. The number of methoxy groups -OCH3 is 1. The first kappa shape index (κ1) is 18.4. The van der Waals surface area contributed by atoms with E-state index in [4.69, 9.17) is 4.74 Å². The first-order chi connectivity index (χ1) is 9.72. The number of fused-ring (bicyclic) bond motifs is 1. The Morgan fingerprint density at radius 2 is 2.24 bits per heavy atom. The molecule has 120 valence electrons. The number of hydrogen-bond acceptors (Lipinski definition) is 4. The van der Waals surface area contributed by atoms with E-state index in [0.717, 1.165) is 37.4 Å². The average Bonchev–Trinajstić information content (AvgIpc) is 2.85. The fraction of sp³-hybridized carbons (Fsp3) is 0.667. The topological polar surface area (TPSA) is 50.4 Å². The molecular formula is C15H25ClN2O2S. The number of thiophene rings is 1. The molecule has 1 aliphatic rings. The van der Waals surface area contributed by atoms with Crippen molar-refractivity contribution in [2.24, 2.45) is 5.92 Å². The van der Waals surface area contributed by atoms with E-state index in [2.05, 4.69) is 17.6 Å². The molecular weight excluding hydrogens is 308 g/mol. The number of carbonyl (C=O) groups is 1. The molecule has 0 saturated heterocycles. The van der Waals surface area contributed by atoms with Crippen molar-refractivity contribution in [1.82, 2.24) is 10.6 Å². The highest BCUT2D eigenvalue weighted by Gasteiger charge is 2.22. The summed E-state index contributed by atoms with van der Waals surface area (Å²) in [5.41, 5.74) is 2.19. The third kappa shape index (κ3) is 5.25. The molecule has 0 spiro atoms. The SMILES string of the molecule is COCCNCCNC(=O)c1csc2c1CCC(C)C2.Cl. The van der Waals surface area contributed by atoms with Gasteiger partial charge in [0.25, 0.3) is 5.91 Å². The smallest absolute Gasteiger partial charge is 0.252 e. The Bertz CT molecular complexity index is 451. The van der Waals surface area contributed by atoms with Gasteiger partial charge in [0.05, 0.1) is 12.2 Å².